The van der Waals surface area contributed by atoms with E-state index in [1.54, 1.807) is 6.92 Å². The van der Waals surface area contributed by atoms with E-state index >= 15 is 0 Å². The Morgan fingerprint density at radius 3 is 2.65 bits per heavy atom. The van der Waals surface area contributed by atoms with Gasteiger partial charge in [-0.05, 0) is 13.0 Å². The van der Waals surface area contributed by atoms with Crippen molar-refractivity contribution >= 4 is 11.9 Å². The Kier molecular flexibility index (Phi) is 6.08. The Hall–Kier alpha value is -1.99. The molecule has 20 heavy (non-hydrogen) atoms. The number of esters is 2. The normalized spacial score (nSPS) is 13.4. The maximum absolute atomic E-state index is 11.5. The van der Waals surface area contributed by atoms with Crippen LogP contribution in [0, 0.1) is 0 Å². The predicted molar refractivity (Wildman–Crippen MR) is 67.8 cm³/mol. The Morgan fingerprint density at radius 2 is 2.05 bits per heavy atom. The summed E-state index contributed by atoms with van der Waals surface area (Å²) in [5.74, 6) is -1.22. The topological polar surface area (TPSA) is 106 Å². The average Bonchev–Trinajstić information content (AvgIpc) is 2.46. The van der Waals surface area contributed by atoms with Gasteiger partial charge in [0.2, 0.25) is 0 Å². The molecule has 110 valence electrons. The predicted octanol–water partition coefficient (Wildman–Crippen LogP) is 0.216. The van der Waals surface area contributed by atoms with Crippen molar-refractivity contribution in [2.75, 3.05) is 13.7 Å². The maximum atomic E-state index is 11.5. The minimum absolute atomic E-state index is 0.161. The molecule has 0 aromatic carbocycles. The molecule has 2 unspecified atom stereocenters. The zero-order chi connectivity index (χ0) is 15.1. The van der Waals surface area contributed by atoms with E-state index in [9.17, 15) is 19.8 Å². The molecule has 1 aromatic rings. The van der Waals surface area contributed by atoms with Crippen LogP contribution in [0.15, 0.2) is 18.5 Å². The second-order valence-electron chi connectivity index (χ2n) is 4.02. The van der Waals surface area contributed by atoms with Gasteiger partial charge in [-0.1, -0.05) is 0 Å². The van der Waals surface area contributed by atoms with Gasteiger partial charge in [0, 0.05) is 18.0 Å². The van der Waals surface area contributed by atoms with Crippen molar-refractivity contribution in [1.82, 2.24) is 4.98 Å². The molecule has 0 amide bonds. The van der Waals surface area contributed by atoms with Gasteiger partial charge in [0.15, 0.2) is 0 Å². The standard InChI is InChI=1S/C13H17NO6/c1-3-20-13(18)9-4-8(6-14-7-9)12(17)10(15)5-11(16)19-2/h4,6-7,10,12,15,17H,3,5H2,1-2H3. The van der Waals surface area contributed by atoms with Crippen LogP contribution in [-0.4, -0.2) is 47.0 Å². The van der Waals surface area contributed by atoms with Crippen molar-refractivity contribution in [3.8, 4) is 0 Å². The number of hydrogen-bond donors (Lipinski definition) is 2. The Morgan fingerprint density at radius 1 is 1.35 bits per heavy atom. The lowest BCUT2D eigenvalue weighted by molar-refractivity contribution is -0.144. The number of rotatable bonds is 6. The van der Waals surface area contributed by atoms with Crippen LogP contribution in [0.1, 0.15) is 35.4 Å². The highest BCUT2D eigenvalue weighted by Crippen LogP contribution is 2.19. The van der Waals surface area contributed by atoms with E-state index < -0.39 is 24.1 Å². The third kappa shape index (κ3) is 4.29. The summed E-state index contributed by atoms with van der Waals surface area (Å²) in [5.41, 5.74) is 0.376. The summed E-state index contributed by atoms with van der Waals surface area (Å²) in [6.07, 6.45) is -0.464. The summed E-state index contributed by atoms with van der Waals surface area (Å²) < 4.78 is 9.21. The Bertz CT molecular complexity index is 476. The van der Waals surface area contributed by atoms with Crippen molar-refractivity contribution in [3.63, 3.8) is 0 Å². The smallest absolute Gasteiger partial charge is 0.339 e. The van der Waals surface area contributed by atoms with E-state index in [2.05, 4.69) is 9.72 Å². The zero-order valence-corrected chi connectivity index (χ0v) is 11.3. The molecule has 0 saturated heterocycles. The van der Waals surface area contributed by atoms with Gasteiger partial charge in [0.25, 0.3) is 0 Å². The van der Waals surface area contributed by atoms with Crippen LogP contribution in [0.25, 0.3) is 0 Å². The maximum Gasteiger partial charge on any atom is 0.339 e. The highest BCUT2D eigenvalue weighted by molar-refractivity contribution is 5.89. The van der Waals surface area contributed by atoms with Crippen molar-refractivity contribution < 1.29 is 29.3 Å². The van der Waals surface area contributed by atoms with Gasteiger partial charge in [-0.3, -0.25) is 9.78 Å². The van der Waals surface area contributed by atoms with Gasteiger partial charge in [0.05, 0.1) is 31.8 Å². The molecule has 0 spiro atoms. The van der Waals surface area contributed by atoms with E-state index in [1.165, 1.54) is 25.6 Å². The summed E-state index contributed by atoms with van der Waals surface area (Å²) in [5, 5.41) is 19.6. The van der Waals surface area contributed by atoms with Gasteiger partial charge >= 0.3 is 11.9 Å². The van der Waals surface area contributed by atoms with Crippen LogP contribution in [0.5, 0.6) is 0 Å². The third-order valence-electron chi connectivity index (χ3n) is 2.58. The largest absolute Gasteiger partial charge is 0.469 e. The van der Waals surface area contributed by atoms with Crippen molar-refractivity contribution in [2.45, 2.75) is 25.6 Å². The molecule has 0 fully saturated rings. The van der Waals surface area contributed by atoms with Crippen LogP contribution in [0.2, 0.25) is 0 Å². The van der Waals surface area contributed by atoms with Crippen molar-refractivity contribution in [3.05, 3.63) is 29.6 Å². The fourth-order valence-electron chi connectivity index (χ4n) is 1.53. The lowest BCUT2D eigenvalue weighted by Crippen LogP contribution is -2.23. The molecule has 0 bridgehead atoms. The molecule has 1 heterocycles. The van der Waals surface area contributed by atoms with Crippen LogP contribution in [0.3, 0.4) is 0 Å². The molecular weight excluding hydrogens is 266 g/mol. The number of methoxy groups -OCH3 is 1. The van der Waals surface area contributed by atoms with Gasteiger partial charge in [-0.2, -0.15) is 0 Å². The highest BCUT2D eigenvalue weighted by atomic mass is 16.5. The number of carbonyl (C=O) groups is 2. The SMILES string of the molecule is CCOC(=O)c1cncc(C(O)C(O)CC(=O)OC)c1. The summed E-state index contributed by atoms with van der Waals surface area (Å²) in [4.78, 5) is 26.4. The number of ether oxygens (including phenoxy) is 2. The first-order valence-electron chi connectivity index (χ1n) is 6.04. The second-order valence-corrected chi connectivity index (χ2v) is 4.02. The number of aromatic nitrogens is 1. The van der Waals surface area contributed by atoms with Crippen molar-refractivity contribution in [2.24, 2.45) is 0 Å². The molecule has 2 atom stereocenters. The van der Waals surface area contributed by atoms with Gasteiger partial charge < -0.3 is 19.7 Å². The molecular formula is C13H17NO6. The molecule has 0 saturated carbocycles. The van der Waals surface area contributed by atoms with Crippen LogP contribution in [-0.2, 0) is 14.3 Å². The molecule has 1 aromatic heterocycles. The minimum Gasteiger partial charge on any atom is -0.469 e. The molecule has 2 N–H and O–H groups in total. The number of pyridine rings is 1. The molecule has 0 aliphatic heterocycles. The Balaban J connectivity index is 2.82. The first-order chi connectivity index (χ1) is 9.49. The summed E-state index contributed by atoms with van der Waals surface area (Å²) in [6, 6.07) is 1.36. The zero-order valence-electron chi connectivity index (χ0n) is 11.3. The number of carbonyl (C=O) groups excluding carboxylic acids is 2. The summed E-state index contributed by atoms with van der Waals surface area (Å²) in [6.45, 7) is 1.89. The first kappa shape index (κ1) is 16.1. The van der Waals surface area contributed by atoms with Crippen molar-refractivity contribution in [1.29, 1.82) is 0 Å². The summed E-state index contributed by atoms with van der Waals surface area (Å²) in [7, 11) is 1.18. The van der Waals surface area contributed by atoms with Crippen LogP contribution >= 0.6 is 0 Å². The fraction of sp³-hybridized carbons (Fsp3) is 0.462. The van der Waals surface area contributed by atoms with E-state index in [4.69, 9.17) is 4.74 Å². The summed E-state index contributed by atoms with van der Waals surface area (Å²) >= 11 is 0. The molecule has 7 nitrogen and oxygen atoms in total. The van der Waals surface area contributed by atoms with Gasteiger partial charge in [-0.25, -0.2) is 4.79 Å². The second kappa shape index (κ2) is 7.56. The monoisotopic (exact) mass is 283 g/mol. The molecule has 7 heteroatoms. The lowest BCUT2D eigenvalue weighted by Gasteiger charge is -2.17. The molecule has 0 radical (unpaired) electrons. The first-order valence-corrected chi connectivity index (χ1v) is 6.04. The quantitative estimate of drug-likeness (QED) is 0.719. The third-order valence-corrected chi connectivity index (χ3v) is 2.58. The number of aliphatic hydroxyl groups excluding tert-OH is 2. The van der Waals surface area contributed by atoms with E-state index in [1.807, 2.05) is 0 Å². The fourth-order valence-corrected chi connectivity index (χ4v) is 1.53. The Labute approximate surface area is 116 Å². The van der Waals surface area contributed by atoms with E-state index in [0.29, 0.717) is 0 Å². The lowest BCUT2D eigenvalue weighted by atomic mass is 10.0. The number of hydrogen-bond acceptors (Lipinski definition) is 7. The number of aliphatic hydroxyl groups is 2. The average molecular weight is 283 g/mol. The molecule has 0 aliphatic carbocycles. The van der Waals surface area contributed by atoms with Crippen LogP contribution < -0.4 is 0 Å². The van der Waals surface area contributed by atoms with Crippen LogP contribution in [0.4, 0.5) is 0 Å². The highest BCUT2D eigenvalue weighted by Gasteiger charge is 2.23. The molecule has 1 rings (SSSR count). The molecule has 0 aliphatic rings. The van der Waals surface area contributed by atoms with E-state index in [0.717, 1.165) is 0 Å². The van der Waals surface area contributed by atoms with E-state index in [-0.39, 0.29) is 24.2 Å². The number of nitrogens with zero attached hydrogens (tertiary/aromatic N) is 1. The van der Waals surface area contributed by atoms with Gasteiger partial charge in [0.1, 0.15) is 6.10 Å². The van der Waals surface area contributed by atoms with Gasteiger partial charge in [-0.15, -0.1) is 0 Å². The minimum atomic E-state index is -1.35.